The third-order valence-corrected chi connectivity index (χ3v) is 6.83. The Morgan fingerprint density at radius 1 is 1.00 bits per heavy atom. The maximum absolute atomic E-state index is 13.1. The van der Waals surface area contributed by atoms with E-state index in [1.165, 1.54) is 38.3 Å². The zero-order valence-electron chi connectivity index (χ0n) is 21.0. The molecule has 38 heavy (non-hydrogen) atoms. The quantitative estimate of drug-likeness (QED) is 0.354. The van der Waals surface area contributed by atoms with E-state index in [0.717, 1.165) is 16.4 Å². The van der Waals surface area contributed by atoms with Gasteiger partial charge in [-0.1, -0.05) is 18.2 Å². The first-order valence-electron chi connectivity index (χ1n) is 12.4. The number of benzene rings is 3. The topological polar surface area (TPSA) is 98.1 Å². The van der Waals surface area contributed by atoms with Crippen LogP contribution in [0.2, 0.25) is 0 Å². The number of furan rings is 1. The Hall–Kier alpha value is -4.40. The second-order valence-corrected chi connectivity index (χ2v) is 9.29. The zero-order valence-corrected chi connectivity index (χ0v) is 21.0. The molecule has 1 aliphatic heterocycles. The first kappa shape index (κ1) is 25.3. The molecule has 3 aromatic carbocycles. The Bertz CT molecular complexity index is 1510. The fraction of sp³-hybridized carbons (Fsp3) is 0.276. The van der Waals surface area contributed by atoms with E-state index in [0.29, 0.717) is 48.5 Å². The van der Waals surface area contributed by atoms with E-state index >= 15 is 0 Å². The number of halogens is 1. The summed E-state index contributed by atoms with van der Waals surface area (Å²) in [6.45, 7) is 2.24. The molecule has 196 valence electrons. The molecule has 8 nitrogen and oxygen atoms in total. The number of carbonyl (C=O) groups excluding carboxylic acids is 3. The van der Waals surface area contributed by atoms with Gasteiger partial charge in [0.2, 0.25) is 0 Å². The summed E-state index contributed by atoms with van der Waals surface area (Å²) in [7, 11) is 1.51. The molecule has 1 fully saturated rings. The van der Waals surface area contributed by atoms with Gasteiger partial charge in [0.15, 0.2) is 6.10 Å². The van der Waals surface area contributed by atoms with E-state index in [9.17, 15) is 18.8 Å². The Labute approximate surface area is 218 Å². The molecule has 1 aliphatic rings. The molecule has 0 aliphatic carbocycles. The second-order valence-electron chi connectivity index (χ2n) is 9.29. The maximum atomic E-state index is 13.1. The van der Waals surface area contributed by atoms with E-state index in [1.54, 1.807) is 17.0 Å². The lowest BCUT2D eigenvalue weighted by atomic mass is 9.96. The van der Waals surface area contributed by atoms with Crippen LogP contribution in [0.25, 0.3) is 21.9 Å². The van der Waals surface area contributed by atoms with E-state index < -0.39 is 29.7 Å². The molecule has 5 rings (SSSR count). The van der Waals surface area contributed by atoms with Gasteiger partial charge in [0.25, 0.3) is 11.8 Å². The Balaban J connectivity index is 1.19. The van der Waals surface area contributed by atoms with Crippen LogP contribution in [0.15, 0.2) is 65.1 Å². The number of likely N-dealkylation sites (tertiary alicyclic amines) is 1. The van der Waals surface area contributed by atoms with E-state index in [1.807, 2.05) is 24.3 Å². The Morgan fingerprint density at radius 2 is 1.71 bits per heavy atom. The van der Waals surface area contributed by atoms with Crippen LogP contribution < -0.4 is 10.1 Å². The Kier molecular flexibility index (Phi) is 7.00. The molecule has 1 N–H and O–H groups in total. The van der Waals surface area contributed by atoms with Gasteiger partial charge in [-0.2, -0.15) is 0 Å². The van der Waals surface area contributed by atoms with Crippen LogP contribution in [0.4, 0.5) is 10.1 Å². The molecule has 2 heterocycles. The summed E-state index contributed by atoms with van der Waals surface area (Å²) in [6.07, 6.45) is -0.217. The van der Waals surface area contributed by atoms with Crippen LogP contribution in [-0.2, 0) is 14.3 Å². The van der Waals surface area contributed by atoms with Gasteiger partial charge >= 0.3 is 5.97 Å². The summed E-state index contributed by atoms with van der Waals surface area (Å²) in [5.41, 5.74) is 2.11. The van der Waals surface area contributed by atoms with Crippen molar-refractivity contribution in [2.75, 3.05) is 25.5 Å². The minimum absolute atomic E-state index is 0.208. The van der Waals surface area contributed by atoms with E-state index in [-0.39, 0.29) is 5.91 Å². The van der Waals surface area contributed by atoms with Crippen molar-refractivity contribution in [1.82, 2.24) is 4.90 Å². The number of piperidine rings is 1. The summed E-state index contributed by atoms with van der Waals surface area (Å²) in [5.74, 6) is -1.58. The largest absolute Gasteiger partial charge is 0.495 e. The molecule has 0 radical (unpaired) electrons. The zero-order chi connectivity index (χ0) is 26.8. The van der Waals surface area contributed by atoms with Crippen LogP contribution in [-0.4, -0.2) is 49.0 Å². The number of rotatable bonds is 6. The first-order chi connectivity index (χ1) is 18.3. The number of nitrogens with zero attached hydrogens (tertiary/aromatic N) is 1. The average Bonchev–Trinajstić information content (AvgIpc) is 3.30. The van der Waals surface area contributed by atoms with Crippen molar-refractivity contribution in [1.29, 1.82) is 0 Å². The molecule has 0 saturated carbocycles. The standard InChI is InChI=1S/C29H27FN2O6/c1-17(37-29(35)19-11-13-32(14-12-19)28(34)18-7-9-20(30)10-8-18)27(33)31-23-16-25-22(15-26(23)36-2)21-5-3-4-6-24(21)38-25/h3-10,15-17,19H,11-14H2,1-2H3,(H,31,33)/t17-/m1/s1. The van der Waals surface area contributed by atoms with Crippen molar-refractivity contribution < 1.29 is 32.7 Å². The molecule has 0 spiro atoms. The average molecular weight is 519 g/mol. The summed E-state index contributed by atoms with van der Waals surface area (Å²) in [6, 6.07) is 16.5. The highest BCUT2D eigenvalue weighted by molar-refractivity contribution is 6.08. The van der Waals surface area contributed by atoms with Gasteiger partial charge in [0.05, 0.1) is 18.7 Å². The summed E-state index contributed by atoms with van der Waals surface area (Å²) < 4.78 is 30.0. The lowest BCUT2D eigenvalue weighted by molar-refractivity contribution is -0.158. The number of hydrogen-bond acceptors (Lipinski definition) is 6. The lowest BCUT2D eigenvalue weighted by Crippen LogP contribution is -2.41. The third kappa shape index (κ3) is 5.04. The van der Waals surface area contributed by atoms with Gasteiger partial charge in [-0.3, -0.25) is 14.4 Å². The smallest absolute Gasteiger partial charge is 0.309 e. The minimum atomic E-state index is -1.04. The van der Waals surface area contributed by atoms with Gasteiger partial charge in [-0.25, -0.2) is 4.39 Å². The second kappa shape index (κ2) is 10.5. The van der Waals surface area contributed by atoms with Crippen molar-refractivity contribution in [3.05, 3.63) is 72.0 Å². The van der Waals surface area contributed by atoms with Crippen molar-refractivity contribution in [2.24, 2.45) is 5.92 Å². The molecule has 1 saturated heterocycles. The van der Waals surface area contributed by atoms with Gasteiger partial charge in [0, 0.05) is 35.5 Å². The number of carbonyl (C=O) groups is 3. The highest BCUT2D eigenvalue weighted by Crippen LogP contribution is 2.36. The fourth-order valence-electron chi connectivity index (χ4n) is 4.67. The molecule has 0 unspecified atom stereocenters. The van der Waals surface area contributed by atoms with Gasteiger partial charge < -0.3 is 24.1 Å². The van der Waals surface area contributed by atoms with Crippen molar-refractivity contribution in [2.45, 2.75) is 25.9 Å². The van der Waals surface area contributed by atoms with E-state index in [4.69, 9.17) is 13.9 Å². The van der Waals surface area contributed by atoms with Gasteiger partial charge in [-0.15, -0.1) is 0 Å². The predicted molar refractivity (Wildman–Crippen MR) is 139 cm³/mol. The molecule has 0 bridgehead atoms. The number of hydrogen-bond donors (Lipinski definition) is 1. The van der Waals surface area contributed by atoms with Gasteiger partial charge in [-0.05, 0) is 56.2 Å². The number of fused-ring (bicyclic) bond motifs is 3. The van der Waals surface area contributed by atoms with Crippen LogP contribution in [0.3, 0.4) is 0 Å². The van der Waals surface area contributed by atoms with Crippen molar-refractivity contribution >= 4 is 45.4 Å². The van der Waals surface area contributed by atoms with Crippen molar-refractivity contribution in [3.8, 4) is 5.75 Å². The molecule has 1 aromatic heterocycles. The number of nitrogens with one attached hydrogen (secondary N) is 1. The highest BCUT2D eigenvalue weighted by atomic mass is 19.1. The Morgan fingerprint density at radius 3 is 2.42 bits per heavy atom. The molecular formula is C29H27FN2O6. The maximum Gasteiger partial charge on any atom is 0.309 e. The van der Waals surface area contributed by atoms with E-state index in [2.05, 4.69) is 5.32 Å². The number of ether oxygens (including phenoxy) is 2. The summed E-state index contributed by atoms with van der Waals surface area (Å²) in [4.78, 5) is 39.9. The predicted octanol–water partition coefficient (Wildman–Crippen LogP) is 5.16. The van der Waals surface area contributed by atoms with Gasteiger partial charge in [0.1, 0.15) is 22.7 Å². The normalized spacial score (nSPS) is 14.9. The molecule has 2 amide bonds. The third-order valence-electron chi connectivity index (χ3n) is 6.83. The lowest BCUT2D eigenvalue weighted by Gasteiger charge is -2.31. The SMILES string of the molecule is COc1cc2c(cc1NC(=O)[C@@H](C)OC(=O)C1CCN(C(=O)c3ccc(F)cc3)CC1)oc1ccccc12. The van der Waals surface area contributed by atoms with Crippen LogP contribution in [0.5, 0.6) is 5.75 Å². The highest BCUT2D eigenvalue weighted by Gasteiger charge is 2.31. The number of amides is 2. The van der Waals surface area contributed by atoms with Crippen molar-refractivity contribution in [3.63, 3.8) is 0 Å². The molecule has 9 heteroatoms. The number of anilines is 1. The minimum Gasteiger partial charge on any atom is -0.495 e. The molecular weight excluding hydrogens is 491 g/mol. The summed E-state index contributed by atoms with van der Waals surface area (Å²) in [5, 5.41) is 4.57. The number of para-hydroxylation sites is 1. The number of methoxy groups -OCH3 is 1. The fourth-order valence-corrected chi connectivity index (χ4v) is 4.67. The summed E-state index contributed by atoms with van der Waals surface area (Å²) >= 11 is 0. The van der Waals surface area contributed by atoms with Crippen LogP contribution in [0, 0.1) is 11.7 Å². The molecule has 1 atom stereocenters. The first-order valence-corrected chi connectivity index (χ1v) is 12.4. The van der Waals surface area contributed by atoms with Crippen LogP contribution in [0.1, 0.15) is 30.1 Å². The monoisotopic (exact) mass is 518 g/mol. The molecule has 4 aromatic rings. The van der Waals surface area contributed by atoms with Crippen LogP contribution >= 0.6 is 0 Å². The number of esters is 1.